The zero-order valence-corrected chi connectivity index (χ0v) is 13.0. The summed E-state index contributed by atoms with van der Waals surface area (Å²) in [7, 11) is 2.14. The van der Waals surface area contributed by atoms with Crippen LogP contribution in [0.25, 0.3) is 11.1 Å². The number of nitrogen functional groups attached to an aromatic ring is 1. The Morgan fingerprint density at radius 1 is 1.50 bits per heavy atom. The minimum atomic E-state index is -0.488. The Kier molecular flexibility index (Phi) is 4.02. The van der Waals surface area contributed by atoms with E-state index in [-0.39, 0.29) is 11.4 Å². The summed E-state index contributed by atoms with van der Waals surface area (Å²) in [6.07, 6.45) is 4.03. The van der Waals surface area contributed by atoms with E-state index >= 15 is 0 Å². The monoisotopic (exact) mass is 303 g/mol. The van der Waals surface area contributed by atoms with E-state index in [0.717, 1.165) is 31.5 Å². The molecule has 0 aliphatic carbocycles. The van der Waals surface area contributed by atoms with Crippen molar-refractivity contribution in [2.24, 2.45) is 0 Å². The Hall–Kier alpha value is -2.08. The van der Waals surface area contributed by atoms with E-state index in [4.69, 9.17) is 14.9 Å². The van der Waals surface area contributed by atoms with Crippen molar-refractivity contribution in [2.45, 2.75) is 25.7 Å². The maximum Gasteiger partial charge on any atom is 0.345 e. The highest BCUT2D eigenvalue weighted by Gasteiger charge is 2.24. The highest BCUT2D eigenvalue weighted by molar-refractivity contribution is 6.06. The van der Waals surface area contributed by atoms with Crippen LogP contribution in [0.15, 0.2) is 16.7 Å². The Balaban J connectivity index is 1.93. The van der Waals surface area contributed by atoms with E-state index in [9.17, 15) is 4.79 Å². The first kappa shape index (κ1) is 14.8. The van der Waals surface area contributed by atoms with Gasteiger partial charge in [-0.15, -0.1) is 0 Å². The molecule has 0 amide bonds. The van der Waals surface area contributed by atoms with E-state index in [0.29, 0.717) is 23.6 Å². The second-order valence-electron chi connectivity index (χ2n) is 5.75. The predicted molar refractivity (Wildman–Crippen MR) is 83.8 cm³/mol. The normalized spacial score (nSPS) is 17.0. The molecule has 0 aromatic carbocycles. The highest BCUT2D eigenvalue weighted by Crippen LogP contribution is 2.32. The molecule has 1 aliphatic heterocycles. The van der Waals surface area contributed by atoms with Crippen LogP contribution in [0, 0.1) is 0 Å². The van der Waals surface area contributed by atoms with Crippen molar-refractivity contribution in [1.82, 2.24) is 9.88 Å². The van der Waals surface area contributed by atoms with Crippen molar-refractivity contribution in [3.8, 4) is 0 Å². The van der Waals surface area contributed by atoms with E-state index < -0.39 is 5.97 Å². The predicted octanol–water partition coefficient (Wildman–Crippen LogP) is 2.40. The van der Waals surface area contributed by atoms with Gasteiger partial charge in [0.1, 0.15) is 11.1 Å². The summed E-state index contributed by atoms with van der Waals surface area (Å²) in [5, 5.41) is 0. The summed E-state index contributed by atoms with van der Waals surface area (Å²) in [6, 6.07) is 1.96. The van der Waals surface area contributed by atoms with Gasteiger partial charge in [-0.05, 0) is 57.5 Å². The molecular formula is C16H21N3O3. The molecule has 3 heterocycles. The lowest BCUT2D eigenvalue weighted by Gasteiger charge is -2.28. The number of carbonyl (C=O) groups excluding carboxylic acids is 1. The lowest BCUT2D eigenvalue weighted by Crippen LogP contribution is -2.29. The molecule has 2 N–H and O–H groups in total. The number of fused-ring (bicyclic) bond motifs is 1. The molecule has 0 saturated carbocycles. The fourth-order valence-corrected chi connectivity index (χ4v) is 2.98. The van der Waals surface area contributed by atoms with Gasteiger partial charge in [0.05, 0.1) is 6.61 Å². The van der Waals surface area contributed by atoms with Gasteiger partial charge in [-0.3, -0.25) is 4.98 Å². The topological polar surface area (TPSA) is 81.6 Å². The fraction of sp³-hybridized carbons (Fsp3) is 0.500. The van der Waals surface area contributed by atoms with Crippen LogP contribution in [0.1, 0.15) is 41.6 Å². The number of piperidine rings is 1. The van der Waals surface area contributed by atoms with Crippen molar-refractivity contribution in [1.29, 1.82) is 0 Å². The smallest absolute Gasteiger partial charge is 0.345 e. The Morgan fingerprint density at radius 3 is 2.91 bits per heavy atom. The molecule has 0 unspecified atom stereocenters. The SMILES string of the molecule is CCOC(=O)c1c(N)oc2cc(C3CCN(C)CC3)cnc12. The van der Waals surface area contributed by atoms with Crippen LogP contribution in [0.3, 0.4) is 0 Å². The van der Waals surface area contributed by atoms with Gasteiger partial charge in [0.25, 0.3) is 0 Å². The number of rotatable bonds is 3. The minimum absolute atomic E-state index is 0.0708. The van der Waals surface area contributed by atoms with E-state index in [1.54, 1.807) is 6.92 Å². The number of nitrogens with two attached hydrogens (primary N) is 1. The number of anilines is 1. The van der Waals surface area contributed by atoms with Gasteiger partial charge in [0.15, 0.2) is 5.58 Å². The maximum absolute atomic E-state index is 12.0. The number of likely N-dealkylation sites (tertiary alicyclic amines) is 1. The molecule has 2 aromatic heterocycles. The average Bonchev–Trinajstić information content (AvgIpc) is 2.83. The number of hydrogen-bond donors (Lipinski definition) is 1. The first-order valence-corrected chi connectivity index (χ1v) is 7.63. The summed E-state index contributed by atoms with van der Waals surface area (Å²) in [5.74, 6) is 0.0604. The molecule has 2 aromatic rings. The molecule has 1 aliphatic rings. The molecule has 0 atom stereocenters. The summed E-state index contributed by atoms with van der Waals surface area (Å²) in [4.78, 5) is 18.7. The van der Waals surface area contributed by atoms with Crippen molar-refractivity contribution in [3.63, 3.8) is 0 Å². The van der Waals surface area contributed by atoms with Crippen molar-refractivity contribution >= 4 is 23.0 Å². The molecule has 6 heteroatoms. The van der Waals surface area contributed by atoms with E-state index in [1.807, 2.05) is 12.3 Å². The Morgan fingerprint density at radius 2 is 2.23 bits per heavy atom. The molecule has 0 bridgehead atoms. The molecule has 6 nitrogen and oxygen atoms in total. The fourth-order valence-electron chi connectivity index (χ4n) is 2.98. The first-order chi connectivity index (χ1) is 10.6. The van der Waals surface area contributed by atoms with Crippen LogP contribution < -0.4 is 5.73 Å². The minimum Gasteiger partial charge on any atom is -0.462 e. The van der Waals surface area contributed by atoms with Crippen LogP contribution >= 0.6 is 0 Å². The van der Waals surface area contributed by atoms with Crippen LogP contribution in [0.2, 0.25) is 0 Å². The molecular weight excluding hydrogens is 282 g/mol. The summed E-state index contributed by atoms with van der Waals surface area (Å²) in [5.41, 5.74) is 8.22. The number of nitrogens with zero attached hydrogens (tertiary/aromatic N) is 2. The number of aromatic nitrogens is 1. The van der Waals surface area contributed by atoms with Crippen LogP contribution in [-0.4, -0.2) is 42.6 Å². The molecule has 1 saturated heterocycles. The third-order valence-electron chi connectivity index (χ3n) is 4.25. The quantitative estimate of drug-likeness (QED) is 0.877. The zero-order valence-electron chi connectivity index (χ0n) is 13.0. The lowest BCUT2D eigenvalue weighted by atomic mass is 9.90. The molecule has 3 rings (SSSR count). The van der Waals surface area contributed by atoms with E-state index in [1.165, 1.54) is 0 Å². The number of esters is 1. The third kappa shape index (κ3) is 2.66. The van der Waals surface area contributed by atoms with E-state index in [2.05, 4.69) is 16.9 Å². The van der Waals surface area contributed by atoms with Gasteiger partial charge in [0, 0.05) is 6.20 Å². The number of pyridine rings is 1. The zero-order chi connectivity index (χ0) is 15.7. The standard InChI is InChI=1S/C16H21N3O3/c1-3-21-16(20)13-14-12(22-15(13)17)8-11(9-18-14)10-4-6-19(2)7-5-10/h8-10H,3-7,17H2,1-2H3. The summed E-state index contributed by atoms with van der Waals surface area (Å²) < 4.78 is 10.5. The van der Waals surface area contributed by atoms with Gasteiger partial charge in [-0.25, -0.2) is 4.79 Å². The van der Waals surface area contributed by atoms with Gasteiger partial charge >= 0.3 is 5.97 Å². The van der Waals surface area contributed by atoms with Crippen molar-refractivity contribution in [2.75, 3.05) is 32.5 Å². The first-order valence-electron chi connectivity index (χ1n) is 7.63. The lowest BCUT2D eigenvalue weighted by molar-refractivity contribution is 0.0529. The summed E-state index contributed by atoms with van der Waals surface area (Å²) in [6.45, 7) is 4.20. The second-order valence-corrected chi connectivity index (χ2v) is 5.75. The molecule has 1 fully saturated rings. The average molecular weight is 303 g/mol. The van der Waals surface area contributed by atoms with Gasteiger partial charge in [0.2, 0.25) is 5.88 Å². The van der Waals surface area contributed by atoms with Gasteiger partial charge in [-0.1, -0.05) is 0 Å². The van der Waals surface area contributed by atoms with Gasteiger partial charge < -0.3 is 19.8 Å². The van der Waals surface area contributed by atoms with Crippen LogP contribution in [0.5, 0.6) is 0 Å². The third-order valence-corrected chi connectivity index (χ3v) is 4.25. The number of carbonyl (C=O) groups is 1. The van der Waals surface area contributed by atoms with Crippen LogP contribution in [0.4, 0.5) is 5.88 Å². The molecule has 0 spiro atoms. The van der Waals surface area contributed by atoms with Crippen molar-refractivity contribution in [3.05, 3.63) is 23.4 Å². The molecule has 118 valence electrons. The molecule has 0 radical (unpaired) electrons. The van der Waals surface area contributed by atoms with Crippen molar-refractivity contribution < 1.29 is 13.9 Å². The van der Waals surface area contributed by atoms with Crippen LogP contribution in [-0.2, 0) is 4.74 Å². The highest BCUT2D eigenvalue weighted by atomic mass is 16.5. The Labute approximate surface area is 129 Å². The largest absolute Gasteiger partial charge is 0.462 e. The number of hydrogen-bond acceptors (Lipinski definition) is 6. The number of furan rings is 1. The Bertz CT molecular complexity index is 687. The van der Waals surface area contributed by atoms with Gasteiger partial charge in [-0.2, -0.15) is 0 Å². The second kappa shape index (κ2) is 5.96. The molecule has 22 heavy (non-hydrogen) atoms. The maximum atomic E-state index is 12.0. The number of ether oxygens (including phenoxy) is 1. The summed E-state index contributed by atoms with van der Waals surface area (Å²) >= 11 is 0.